The summed E-state index contributed by atoms with van der Waals surface area (Å²) in [5.74, 6) is -1.41. The molecule has 0 saturated carbocycles. The summed E-state index contributed by atoms with van der Waals surface area (Å²) in [5.41, 5.74) is 1.88. The molecule has 160 valence electrons. The van der Waals surface area contributed by atoms with Crippen LogP contribution in [-0.2, 0) is 27.1 Å². The van der Waals surface area contributed by atoms with Crippen LogP contribution in [0, 0.1) is 0 Å². The van der Waals surface area contributed by atoms with E-state index in [2.05, 4.69) is 15.3 Å². The lowest BCUT2D eigenvalue weighted by atomic mass is 10.1. The second kappa shape index (κ2) is 9.03. The maximum absolute atomic E-state index is 12.6. The van der Waals surface area contributed by atoms with Gasteiger partial charge in [-0.05, 0) is 43.0 Å². The van der Waals surface area contributed by atoms with Gasteiger partial charge in [-0.15, -0.1) is 11.3 Å². The van der Waals surface area contributed by atoms with E-state index < -0.39 is 11.9 Å². The first kappa shape index (κ1) is 21.3. The molecule has 1 amide bonds. The first-order valence-corrected chi connectivity index (χ1v) is 11.3. The number of aromatic nitrogens is 2. The molecule has 0 fully saturated rings. The number of anilines is 1. The Balaban J connectivity index is 1.51. The number of thiophene rings is 1. The maximum Gasteiger partial charge on any atom is 0.337 e. The highest BCUT2D eigenvalue weighted by molar-refractivity contribution is 8.00. The third-order valence-electron chi connectivity index (χ3n) is 4.87. The molecule has 8 nitrogen and oxygen atoms in total. The fourth-order valence-electron chi connectivity index (χ4n) is 3.51. The Morgan fingerprint density at radius 2 is 1.77 bits per heavy atom. The minimum Gasteiger partial charge on any atom is -0.465 e. The van der Waals surface area contributed by atoms with E-state index in [-0.39, 0.29) is 22.8 Å². The van der Waals surface area contributed by atoms with Gasteiger partial charge in [0.1, 0.15) is 16.2 Å². The Kier molecular flexibility index (Phi) is 6.19. The van der Waals surface area contributed by atoms with E-state index in [1.165, 1.54) is 60.9 Å². The lowest BCUT2D eigenvalue weighted by molar-refractivity contribution is -0.113. The van der Waals surface area contributed by atoms with E-state index in [9.17, 15) is 14.4 Å². The van der Waals surface area contributed by atoms with Gasteiger partial charge in [-0.3, -0.25) is 4.79 Å². The highest BCUT2D eigenvalue weighted by atomic mass is 32.2. The van der Waals surface area contributed by atoms with Crippen molar-refractivity contribution in [2.24, 2.45) is 0 Å². The van der Waals surface area contributed by atoms with E-state index in [1.807, 2.05) is 0 Å². The number of thioether (sulfide) groups is 1. The molecule has 0 saturated heterocycles. The topological polar surface area (TPSA) is 107 Å². The minimum atomic E-state index is -0.620. The minimum absolute atomic E-state index is 0.118. The van der Waals surface area contributed by atoms with Crippen LogP contribution in [0.25, 0.3) is 10.2 Å². The summed E-state index contributed by atoms with van der Waals surface area (Å²) in [5, 5.41) is 4.57. The summed E-state index contributed by atoms with van der Waals surface area (Å²) >= 11 is 3.04. The first-order chi connectivity index (χ1) is 15.0. The number of fused-ring (bicyclic) bond motifs is 3. The summed E-state index contributed by atoms with van der Waals surface area (Å²) in [7, 11) is 2.48. The number of esters is 2. The van der Waals surface area contributed by atoms with Gasteiger partial charge < -0.3 is 14.8 Å². The van der Waals surface area contributed by atoms with Gasteiger partial charge >= 0.3 is 11.9 Å². The smallest absolute Gasteiger partial charge is 0.337 e. The second-order valence-corrected chi connectivity index (χ2v) is 8.88. The molecule has 10 heteroatoms. The number of carbonyl (C=O) groups is 3. The monoisotopic (exact) mass is 457 g/mol. The lowest BCUT2D eigenvalue weighted by Crippen LogP contribution is -2.16. The van der Waals surface area contributed by atoms with E-state index >= 15 is 0 Å². The van der Waals surface area contributed by atoms with Crippen LogP contribution in [-0.4, -0.2) is 47.8 Å². The summed E-state index contributed by atoms with van der Waals surface area (Å²) < 4.78 is 9.44. The van der Waals surface area contributed by atoms with Crippen molar-refractivity contribution < 1.29 is 23.9 Å². The molecule has 2 aromatic heterocycles. The highest BCUT2D eigenvalue weighted by Gasteiger charge is 2.22. The van der Waals surface area contributed by atoms with Crippen molar-refractivity contribution in [2.75, 3.05) is 25.3 Å². The largest absolute Gasteiger partial charge is 0.465 e. The number of rotatable bonds is 6. The number of hydrogen-bond acceptors (Lipinski definition) is 9. The summed E-state index contributed by atoms with van der Waals surface area (Å²) in [6.07, 6.45) is 4.74. The fraction of sp³-hybridized carbons (Fsp3) is 0.286. The fourth-order valence-corrected chi connectivity index (χ4v) is 5.63. The molecule has 31 heavy (non-hydrogen) atoms. The van der Waals surface area contributed by atoms with E-state index in [0.717, 1.165) is 34.5 Å². The van der Waals surface area contributed by atoms with Crippen LogP contribution in [0.5, 0.6) is 0 Å². The maximum atomic E-state index is 12.6. The van der Waals surface area contributed by atoms with Crippen molar-refractivity contribution in [2.45, 2.75) is 24.3 Å². The van der Waals surface area contributed by atoms with Gasteiger partial charge in [0.25, 0.3) is 0 Å². The lowest BCUT2D eigenvalue weighted by Gasteiger charge is -2.10. The van der Waals surface area contributed by atoms with Crippen molar-refractivity contribution in [3.8, 4) is 0 Å². The average molecular weight is 458 g/mol. The summed E-state index contributed by atoms with van der Waals surface area (Å²) in [6, 6.07) is 4.27. The first-order valence-electron chi connectivity index (χ1n) is 9.49. The molecule has 0 bridgehead atoms. The van der Waals surface area contributed by atoms with Gasteiger partial charge in [-0.2, -0.15) is 0 Å². The van der Waals surface area contributed by atoms with Crippen LogP contribution in [0.2, 0.25) is 0 Å². The van der Waals surface area contributed by atoms with Crippen LogP contribution in [0.3, 0.4) is 0 Å². The second-order valence-electron chi connectivity index (χ2n) is 6.84. The van der Waals surface area contributed by atoms with Gasteiger partial charge in [0.2, 0.25) is 5.91 Å². The molecule has 0 spiro atoms. The molecule has 1 N–H and O–H groups in total. The van der Waals surface area contributed by atoms with Crippen LogP contribution in [0.15, 0.2) is 29.6 Å². The molecule has 4 rings (SSSR count). The van der Waals surface area contributed by atoms with E-state index in [0.29, 0.717) is 5.69 Å². The number of hydrogen-bond donors (Lipinski definition) is 1. The number of methoxy groups -OCH3 is 2. The molecule has 0 unspecified atom stereocenters. The number of amides is 1. The Hall–Kier alpha value is -2.98. The zero-order chi connectivity index (χ0) is 22.0. The van der Waals surface area contributed by atoms with Crippen molar-refractivity contribution in [1.29, 1.82) is 0 Å². The SMILES string of the molecule is COC(=O)c1cc(NC(=O)CSc2ncnc3sc4c(c23)CCC4)cc(C(=O)OC)c1. The molecule has 2 heterocycles. The van der Waals surface area contributed by atoms with E-state index in [4.69, 9.17) is 9.47 Å². The van der Waals surface area contributed by atoms with Crippen molar-refractivity contribution in [3.63, 3.8) is 0 Å². The molecule has 3 aromatic rings. The average Bonchev–Trinajstić information content (AvgIpc) is 3.37. The number of ether oxygens (including phenoxy) is 2. The van der Waals surface area contributed by atoms with Crippen LogP contribution < -0.4 is 5.32 Å². The van der Waals surface area contributed by atoms with Gasteiger partial charge in [0.15, 0.2) is 0 Å². The standard InChI is InChI=1S/C21H19N3O5S2/c1-28-20(26)11-6-12(21(27)29-2)8-13(7-11)24-16(25)9-30-18-17-14-4-3-5-15(14)31-19(17)23-10-22-18/h6-8,10H,3-5,9H2,1-2H3,(H,24,25). The van der Waals surface area contributed by atoms with E-state index in [1.54, 1.807) is 11.3 Å². The molecule has 1 aliphatic carbocycles. The Morgan fingerprint density at radius 3 is 2.45 bits per heavy atom. The molecule has 0 radical (unpaired) electrons. The van der Waals surface area contributed by atoms with Crippen LogP contribution in [0.1, 0.15) is 37.6 Å². The normalized spacial score (nSPS) is 12.5. The van der Waals surface area contributed by atoms with Gasteiger partial charge in [-0.25, -0.2) is 19.6 Å². The highest BCUT2D eigenvalue weighted by Crippen LogP contribution is 2.40. The summed E-state index contributed by atoms with van der Waals surface area (Å²) in [6.45, 7) is 0. The Labute approximate surface area is 186 Å². The third kappa shape index (κ3) is 4.40. The predicted octanol–water partition coefficient (Wildman–Crippen LogP) is 3.48. The van der Waals surface area contributed by atoms with Crippen LogP contribution in [0.4, 0.5) is 5.69 Å². The number of nitrogens with zero attached hydrogens (tertiary/aromatic N) is 2. The molecule has 0 aliphatic heterocycles. The Morgan fingerprint density at radius 1 is 1.06 bits per heavy atom. The zero-order valence-corrected chi connectivity index (χ0v) is 18.5. The zero-order valence-electron chi connectivity index (χ0n) is 16.9. The molecular formula is C21H19N3O5S2. The number of benzene rings is 1. The Bertz CT molecular complexity index is 1160. The number of aryl methyl sites for hydroxylation is 2. The van der Waals surface area contributed by atoms with Gasteiger partial charge in [0.05, 0.1) is 31.1 Å². The molecular weight excluding hydrogens is 438 g/mol. The molecule has 1 aromatic carbocycles. The third-order valence-corrected chi connectivity index (χ3v) is 7.05. The number of carbonyl (C=O) groups excluding carboxylic acids is 3. The quantitative estimate of drug-likeness (QED) is 0.341. The predicted molar refractivity (Wildman–Crippen MR) is 118 cm³/mol. The van der Waals surface area contributed by atoms with Crippen molar-refractivity contribution in [1.82, 2.24) is 9.97 Å². The number of nitrogens with one attached hydrogen (secondary N) is 1. The molecule has 0 atom stereocenters. The van der Waals surface area contributed by atoms with Crippen LogP contribution >= 0.6 is 23.1 Å². The van der Waals surface area contributed by atoms with Crippen molar-refractivity contribution >= 4 is 56.8 Å². The van der Waals surface area contributed by atoms with Gasteiger partial charge in [0, 0.05) is 16.0 Å². The summed E-state index contributed by atoms with van der Waals surface area (Å²) in [4.78, 5) is 47.5. The van der Waals surface area contributed by atoms with Gasteiger partial charge in [-0.1, -0.05) is 11.8 Å². The van der Waals surface area contributed by atoms with Crippen molar-refractivity contribution in [3.05, 3.63) is 46.1 Å². The molecule has 1 aliphatic rings.